The van der Waals surface area contributed by atoms with Crippen molar-refractivity contribution in [1.29, 1.82) is 0 Å². The Morgan fingerprint density at radius 3 is 2.92 bits per heavy atom. The molecule has 25 heavy (non-hydrogen) atoms. The quantitative estimate of drug-likeness (QED) is 0.438. The summed E-state index contributed by atoms with van der Waals surface area (Å²) in [6.45, 7) is 3.42. The number of anilines is 1. The zero-order valence-corrected chi connectivity index (χ0v) is 15.0. The van der Waals surface area contributed by atoms with E-state index in [0.717, 1.165) is 47.7 Å². The largest absolute Gasteiger partial charge is 0.486 e. The Kier molecular flexibility index (Phi) is 5.85. The number of aromatic amines is 1. The van der Waals surface area contributed by atoms with Crippen LogP contribution in [-0.2, 0) is 6.61 Å². The van der Waals surface area contributed by atoms with Gasteiger partial charge in [-0.25, -0.2) is 4.98 Å². The lowest BCUT2D eigenvalue weighted by Crippen LogP contribution is -2.29. The fourth-order valence-electron chi connectivity index (χ4n) is 2.44. The molecule has 0 aliphatic carbocycles. The van der Waals surface area contributed by atoms with Gasteiger partial charge in [0.25, 0.3) is 0 Å². The predicted octanol–water partition coefficient (Wildman–Crippen LogP) is 4.23. The summed E-state index contributed by atoms with van der Waals surface area (Å²) in [5.74, 6) is 1.57. The minimum absolute atomic E-state index is 0.386. The van der Waals surface area contributed by atoms with Gasteiger partial charge in [0.05, 0.1) is 11.0 Å². The maximum absolute atomic E-state index is 5.84. The highest BCUT2D eigenvalue weighted by atomic mass is 32.1. The number of fused-ring (bicyclic) bond motifs is 1. The SMILES string of the molecule is CCCCNC(=S)Nc1cccc(OCc2nc3ccccc3[nH]2)c1. The maximum Gasteiger partial charge on any atom is 0.170 e. The van der Waals surface area contributed by atoms with Gasteiger partial charge in [-0.05, 0) is 42.9 Å². The van der Waals surface area contributed by atoms with E-state index in [1.165, 1.54) is 0 Å². The van der Waals surface area contributed by atoms with Crippen molar-refractivity contribution in [2.45, 2.75) is 26.4 Å². The minimum Gasteiger partial charge on any atom is -0.486 e. The molecule has 0 saturated carbocycles. The molecule has 0 fully saturated rings. The number of nitrogens with zero attached hydrogens (tertiary/aromatic N) is 1. The second-order valence-electron chi connectivity index (χ2n) is 5.75. The molecule has 130 valence electrons. The van der Waals surface area contributed by atoms with Gasteiger partial charge in [0.15, 0.2) is 5.11 Å². The van der Waals surface area contributed by atoms with Crippen LogP contribution in [0.5, 0.6) is 5.75 Å². The van der Waals surface area contributed by atoms with E-state index in [1.807, 2.05) is 48.5 Å². The third kappa shape index (κ3) is 4.93. The highest BCUT2D eigenvalue weighted by molar-refractivity contribution is 7.80. The minimum atomic E-state index is 0.386. The van der Waals surface area contributed by atoms with Crippen LogP contribution in [0.2, 0.25) is 0 Å². The van der Waals surface area contributed by atoms with Crippen LogP contribution in [-0.4, -0.2) is 21.6 Å². The number of para-hydroxylation sites is 2. The Balaban J connectivity index is 1.56. The lowest BCUT2D eigenvalue weighted by atomic mass is 10.3. The summed E-state index contributed by atoms with van der Waals surface area (Å²) >= 11 is 5.29. The Bertz CT molecular complexity index is 813. The molecule has 3 aromatic rings. The van der Waals surface area contributed by atoms with Crippen LogP contribution in [0.25, 0.3) is 11.0 Å². The lowest BCUT2D eigenvalue weighted by Gasteiger charge is -2.11. The summed E-state index contributed by atoms with van der Waals surface area (Å²) in [5.41, 5.74) is 2.86. The maximum atomic E-state index is 5.84. The summed E-state index contributed by atoms with van der Waals surface area (Å²) in [5, 5.41) is 6.99. The molecule has 0 bridgehead atoms. The van der Waals surface area contributed by atoms with E-state index >= 15 is 0 Å². The van der Waals surface area contributed by atoms with Gasteiger partial charge < -0.3 is 20.4 Å². The zero-order chi connectivity index (χ0) is 17.5. The molecule has 1 heterocycles. The molecule has 0 saturated heterocycles. The van der Waals surface area contributed by atoms with Crippen molar-refractivity contribution in [3.63, 3.8) is 0 Å². The molecular formula is C19H22N4OS. The molecule has 0 spiro atoms. The number of thiocarbonyl (C=S) groups is 1. The Labute approximate surface area is 152 Å². The molecule has 3 rings (SSSR count). The number of rotatable bonds is 7. The van der Waals surface area contributed by atoms with Crippen molar-refractivity contribution in [1.82, 2.24) is 15.3 Å². The number of aromatic nitrogens is 2. The second-order valence-corrected chi connectivity index (χ2v) is 6.16. The zero-order valence-electron chi connectivity index (χ0n) is 14.2. The van der Waals surface area contributed by atoms with E-state index in [2.05, 4.69) is 27.5 Å². The monoisotopic (exact) mass is 354 g/mol. The summed E-state index contributed by atoms with van der Waals surface area (Å²) < 4.78 is 5.84. The van der Waals surface area contributed by atoms with Crippen molar-refractivity contribution in [3.8, 4) is 5.75 Å². The van der Waals surface area contributed by atoms with E-state index in [9.17, 15) is 0 Å². The molecule has 3 N–H and O–H groups in total. The molecule has 6 heteroatoms. The molecule has 2 aromatic carbocycles. The normalized spacial score (nSPS) is 10.6. The van der Waals surface area contributed by atoms with Crippen molar-refractivity contribution in [2.24, 2.45) is 0 Å². The van der Waals surface area contributed by atoms with Crippen LogP contribution in [0.4, 0.5) is 5.69 Å². The molecule has 0 unspecified atom stereocenters. The van der Waals surface area contributed by atoms with Crippen LogP contribution < -0.4 is 15.4 Å². The number of hydrogen-bond donors (Lipinski definition) is 3. The van der Waals surface area contributed by atoms with Crippen LogP contribution in [0.1, 0.15) is 25.6 Å². The van der Waals surface area contributed by atoms with E-state index in [1.54, 1.807) is 0 Å². The lowest BCUT2D eigenvalue weighted by molar-refractivity contribution is 0.297. The van der Waals surface area contributed by atoms with Crippen molar-refractivity contribution in [2.75, 3.05) is 11.9 Å². The molecule has 0 aliphatic rings. The number of benzene rings is 2. The van der Waals surface area contributed by atoms with Gasteiger partial charge in [-0.3, -0.25) is 0 Å². The van der Waals surface area contributed by atoms with Gasteiger partial charge >= 0.3 is 0 Å². The molecule has 5 nitrogen and oxygen atoms in total. The summed E-state index contributed by atoms with van der Waals surface area (Å²) in [4.78, 5) is 7.77. The second kappa shape index (κ2) is 8.48. The Hall–Kier alpha value is -2.60. The average molecular weight is 354 g/mol. The average Bonchev–Trinajstić information content (AvgIpc) is 3.03. The van der Waals surface area contributed by atoms with E-state index in [-0.39, 0.29) is 0 Å². The van der Waals surface area contributed by atoms with Crippen LogP contribution in [0, 0.1) is 0 Å². The summed E-state index contributed by atoms with van der Waals surface area (Å²) in [6, 6.07) is 15.7. The number of unbranched alkanes of at least 4 members (excludes halogenated alkanes) is 1. The number of H-pyrrole nitrogens is 1. The molecule has 0 radical (unpaired) electrons. The molecular weight excluding hydrogens is 332 g/mol. The van der Waals surface area contributed by atoms with Crippen molar-refractivity contribution in [3.05, 3.63) is 54.4 Å². The van der Waals surface area contributed by atoms with Crippen molar-refractivity contribution >= 4 is 34.1 Å². The van der Waals surface area contributed by atoms with Crippen molar-refractivity contribution < 1.29 is 4.74 Å². The predicted molar refractivity (Wildman–Crippen MR) is 106 cm³/mol. The van der Waals surface area contributed by atoms with Gasteiger partial charge in [0.2, 0.25) is 0 Å². The van der Waals surface area contributed by atoms with Crippen LogP contribution in [0.15, 0.2) is 48.5 Å². The first-order chi connectivity index (χ1) is 12.2. The van der Waals surface area contributed by atoms with Gasteiger partial charge in [-0.2, -0.15) is 0 Å². The third-order valence-electron chi connectivity index (χ3n) is 3.72. The fraction of sp³-hybridized carbons (Fsp3) is 0.263. The summed E-state index contributed by atoms with van der Waals surface area (Å²) in [6.07, 6.45) is 2.24. The first-order valence-corrected chi connectivity index (χ1v) is 8.87. The smallest absolute Gasteiger partial charge is 0.170 e. The fourth-order valence-corrected chi connectivity index (χ4v) is 2.66. The van der Waals surface area contributed by atoms with E-state index in [4.69, 9.17) is 17.0 Å². The highest BCUT2D eigenvalue weighted by Crippen LogP contribution is 2.19. The van der Waals surface area contributed by atoms with E-state index < -0.39 is 0 Å². The number of ether oxygens (including phenoxy) is 1. The topological polar surface area (TPSA) is 62.0 Å². The van der Waals surface area contributed by atoms with Crippen LogP contribution >= 0.6 is 12.2 Å². The van der Waals surface area contributed by atoms with Gasteiger partial charge in [-0.1, -0.05) is 31.5 Å². The Morgan fingerprint density at radius 2 is 2.08 bits per heavy atom. The molecule has 0 aliphatic heterocycles. The Morgan fingerprint density at radius 1 is 1.20 bits per heavy atom. The van der Waals surface area contributed by atoms with Gasteiger partial charge in [-0.15, -0.1) is 0 Å². The van der Waals surface area contributed by atoms with Crippen LogP contribution in [0.3, 0.4) is 0 Å². The first kappa shape index (κ1) is 17.2. The molecule has 0 atom stereocenters. The standard InChI is InChI=1S/C19H22N4OS/c1-2-3-11-20-19(25)21-14-7-6-8-15(12-14)24-13-18-22-16-9-4-5-10-17(16)23-18/h4-10,12H,2-3,11,13H2,1H3,(H,22,23)(H2,20,21,25). The molecule has 1 aromatic heterocycles. The number of imidazole rings is 1. The highest BCUT2D eigenvalue weighted by Gasteiger charge is 2.04. The van der Waals surface area contributed by atoms with E-state index in [0.29, 0.717) is 11.7 Å². The number of nitrogens with one attached hydrogen (secondary N) is 3. The summed E-state index contributed by atoms with van der Waals surface area (Å²) in [7, 11) is 0. The third-order valence-corrected chi connectivity index (χ3v) is 3.97. The van der Waals surface area contributed by atoms with Gasteiger partial charge in [0, 0.05) is 18.3 Å². The van der Waals surface area contributed by atoms with Gasteiger partial charge in [0.1, 0.15) is 18.2 Å². The first-order valence-electron chi connectivity index (χ1n) is 8.46. The molecule has 0 amide bonds. The number of hydrogen-bond acceptors (Lipinski definition) is 3.